The van der Waals surface area contributed by atoms with E-state index in [4.69, 9.17) is 0 Å². The lowest BCUT2D eigenvalue weighted by Gasteiger charge is -2.15. The Labute approximate surface area is 146 Å². The van der Waals surface area contributed by atoms with Crippen LogP contribution in [0, 0.1) is 0 Å². The van der Waals surface area contributed by atoms with Crippen LogP contribution in [-0.2, 0) is 16.4 Å². The standard InChI is InChI=1S/C20H27NO2S/c1-3-4-5-7-10-18-13-15-20(16-14-18)24(22,23)21-17(2)19-11-8-6-9-12-19/h6,8-9,11-17,21H,3-5,7,10H2,1-2H3. The van der Waals surface area contributed by atoms with E-state index in [1.807, 2.05) is 49.4 Å². The molecule has 24 heavy (non-hydrogen) atoms. The van der Waals surface area contributed by atoms with Crippen molar-refractivity contribution in [3.63, 3.8) is 0 Å². The molecule has 0 saturated heterocycles. The van der Waals surface area contributed by atoms with Crippen LogP contribution < -0.4 is 4.72 Å². The summed E-state index contributed by atoms with van der Waals surface area (Å²) in [5.74, 6) is 0. The molecule has 0 heterocycles. The highest BCUT2D eigenvalue weighted by Crippen LogP contribution is 2.18. The Morgan fingerprint density at radius 3 is 2.21 bits per heavy atom. The predicted molar refractivity (Wildman–Crippen MR) is 99.5 cm³/mol. The van der Waals surface area contributed by atoms with Crippen LogP contribution in [0.1, 0.15) is 56.7 Å². The zero-order valence-electron chi connectivity index (χ0n) is 14.5. The Morgan fingerprint density at radius 2 is 1.58 bits per heavy atom. The van der Waals surface area contributed by atoms with Gasteiger partial charge in [0.25, 0.3) is 0 Å². The van der Waals surface area contributed by atoms with Crippen molar-refractivity contribution in [1.29, 1.82) is 0 Å². The van der Waals surface area contributed by atoms with E-state index in [0.29, 0.717) is 4.90 Å². The zero-order chi connectivity index (χ0) is 17.4. The summed E-state index contributed by atoms with van der Waals surface area (Å²) in [5, 5.41) is 0. The van der Waals surface area contributed by atoms with Crippen molar-refractivity contribution in [3.8, 4) is 0 Å². The van der Waals surface area contributed by atoms with Gasteiger partial charge in [-0.25, -0.2) is 13.1 Å². The van der Waals surface area contributed by atoms with E-state index in [1.54, 1.807) is 12.1 Å². The molecule has 2 rings (SSSR count). The van der Waals surface area contributed by atoms with Crippen molar-refractivity contribution in [1.82, 2.24) is 4.72 Å². The Kier molecular flexibility index (Phi) is 7.00. The van der Waals surface area contributed by atoms with Crippen LogP contribution in [0.25, 0.3) is 0 Å². The highest BCUT2D eigenvalue weighted by atomic mass is 32.2. The van der Waals surface area contributed by atoms with Crippen LogP contribution >= 0.6 is 0 Å². The van der Waals surface area contributed by atoms with Gasteiger partial charge in [0.05, 0.1) is 4.90 Å². The maximum Gasteiger partial charge on any atom is 0.241 e. The lowest BCUT2D eigenvalue weighted by Crippen LogP contribution is -2.26. The highest BCUT2D eigenvalue weighted by molar-refractivity contribution is 7.89. The maximum absolute atomic E-state index is 12.5. The Balaban J connectivity index is 1.99. The smallest absolute Gasteiger partial charge is 0.207 e. The zero-order valence-corrected chi connectivity index (χ0v) is 15.4. The van der Waals surface area contributed by atoms with Gasteiger partial charge in [-0.3, -0.25) is 0 Å². The summed E-state index contributed by atoms with van der Waals surface area (Å²) in [6, 6.07) is 16.6. The van der Waals surface area contributed by atoms with E-state index in [2.05, 4.69) is 11.6 Å². The molecule has 0 aliphatic heterocycles. The molecule has 0 bridgehead atoms. The van der Waals surface area contributed by atoms with Gasteiger partial charge in [-0.05, 0) is 43.0 Å². The van der Waals surface area contributed by atoms with Gasteiger partial charge in [0.2, 0.25) is 10.0 Å². The van der Waals surface area contributed by atoms with Crippen molar-refractivity contribution in [2.75, 3.05) is 0 Å². The predicted octanol–water partition coefficient (Wildman–Crippen LogP) is 4.85. The van der Waals surface area contributed by atoms with Gasteiger partial charge in [-0.15, -0.1) is 0 Å². The second-order valence-electron chi connectivity index (χ2n) is 6.21. The summed E-state index contributed by atoms with van der Waals surface area (Å²) < 4.78 is 27.8. The second kappa shape index (κ2) is 9.00. The molecule has 0 aliphatic carbocycles. The highest BCUT2D eigenvalue weighted by Gasteiger charge is 2.18. The quantitative estimate of drug-likeness (QED) is 0.660. The fourth-order valence-corrected chi connectivity index (χ4v) is 3.93. The molecule has 0 amide bonds. The summed E-state index contributed by atoms with van der Waals surface area (Å²) in [4.78, 5) is 0.322. The average molecular weight is 346 g/mol. The van der Waals surface area contributed by atoms with E-state index in [-0.39, 0.29) is 6.04 Å². The fourth-order valence-electron chi connectivity index (χ4n) is 2.70. The van der Waals surface area contributed by atoms with Gasteiger partial charge in [-0.2, -0.15) is 0 Å². The number of sulfonamides is 1. The minimum absolute atomic E-state index is 0.259. The summed E-state index contributed by atoms with van der Waals surface area (Å²) in [6.07, 6.45) is 5.88. The van der Waals surface area contributed by atoms with Crippen LogP contribution in [0.2, 0.25) is 0 Å². The number of aryl methyl sites for hydroxylation is 1. The minimum atomic E-state index is -3.50. The number of hydrogen-bond donors (Lipinski definition) is 1. The Hall–Kier alpha value is -1.65. The number of unbranched alkanes of at least 4 members (excludes halogenated alkanes) is 3. The third kappa shape index (κ3) is 5.46. The molecule has 130 valence electrons. The van der Waals surface area contributed by atoms with Crippen molar-refractivity contribution in [3.05, 3.63) is 65.7 Å². The number of rotatable bonds is 9. The van der Waals surface area contributed by atoms with E-state index in [0.717, 1.165) is 18.4 Å². The van der Waals surface area contributed by atoms with E-state index < -0.39 is 10.0 Å². The second-order valence-corrected chi connectivity index (χ2v) is 7.92. The molecule has 1 unspecified atom stereocenters. The average Bonchev–Trinajstić information content (AvgIpc) is 2.59. The molecule has 0 radical (unpaired) electrons. The largest absolute Gasteiger partial charge is 0.241 e. The molecule has 0 saturated carbocycles. The summed E-state index contributed by atoms with van der Waals surface area (Å²) >= 11 is 0. The van der Waals surface area contributed by atoms with Crippen LogP contribution in [0.15, 0.2) is 59.5 Å². The van der Waals surface area contributed by atoms with Crippen LogP contribution in [-0.4, -0.2) is 8.42 Å². The SMILES string of the molecule is CCCCCCc1ccc(S(=O)(=O)NC(C)c2ccccc2)cc1. The number of hydrogen-bond acceptors (Lipinski definition) is 2. The molecule has 4 heteroatoms. The lowest BCUT2D eigenvalue weighted by molar-refractivity contribution is 0.567. The first kappa shape index (κ1) is 18.7. The molecule has 1 N–H and O–H groups in total. The van der Waals surface area contributed by atoms with Crippen LogP contribution in [0.4, 0.5) is 0 Å². The van der Waals surface area contributed by atoms with Gasteiger partial charge in [0.15, 0.2) is 0 Å². The maximum atomic E-state index is 12.5. The summed E-state index contributed by atoms with van der Waals surface area (Å²) in [5.41, 5.74) is 2.15. The first-order valence-electron chi connectivity index (χ1n) is 8.69. The molecule has 3 nitrogen and oxygen atoms in total. The Bertz CT molecular complexity index is 709. The van der Waals surface area contributed by atoms with E-state index >= 15 is 0 Å². The van der Waals surface area contributed by atoms with Gasteiger partial charge in [-0.1, -0.05) is 68.7 Å². The molecule has 0 aromatic heterocycles. The third-order valence-corrected chi connectivity index (χ3v) is 5.74. The van der Waals surface area contributed by atoms with Gasteiger partial charge in [0.1, 0.15) is 0 Å². The van der Waals surface area contributed by atoms with Crippen molar-refractivity contribution < 1.29 is 8.42 Å². The molecule has 2 aromatic carbocycles. The fraction of sp³-hybridized carbons (Fsp3) is 0.400. The molecule has 2 aromatic rings. The van der Waals surface area contributed by atoms with Crippen LogP contribution in [0.5, 0.6) is 0 Å². The van der Waals surface area contributed by atoms with Gasteiger partial charge < -0.3 is 0 Å². The van der Waals surface area contributed by atoms with Crippen LogP contribution in [0.3, 0.4) is 0 Å². The molecule has 0 aliphatic rings. The normalized spacial score (nSPS) is 12.9. The van der Waals surface area contributed by atoms with Gasteiger partial charge >= 0.3 is 0 Å². The lowest BCUT2D eigenvalue weighted by atomic mass is 10.1. The molecule has 1 atom stereocenters. The number of benzene rings is 2. The van der Waals surface area contributed by atoms with Crippen molar-refractivity contribution >= 4 is 10.0 Å². The summed E-state index contributed by atoms with van der Waals surface area (Å²) in [7, 11) is -3.50. The third-order valence-electron chi connectivity index (χ3n) is 4.18. The van der Waals surface area contributed by atoms with Crippen molar-refractivity contribution in [2.45, 2.75) is 56.9 Å². The molecular weight excluding hydrogens is 318 g/mol. The van der Waals surface area contributed by atoms with Gasteiger partial charge in [0, 0.05) is 6.04 Å². The summed E-state index contributed by atoms with van der Waals surface area (Å²) in [6.45, 7) is 4.05. The minimum Gasteiger partial charge on any atom is -0.207 e. The molecule has 0 spiro atoms. The van der Waals surface area contributed by atoms with E-state index in [9.17, 15) is 8.42 Å². The topological polar surface area (TPSA) is 46.2 Å². The first-order valence-corrected chi connectivity index (χ1v) is 10.2. The van der Waals surface area contributed by atoms with Crippen molar-refractivity contribution in [2.24, 2.45) is 0 Å². The number of nitrogens with one attached hydrogen (secondary N) is 1. The molecule has 0 fully saturated rings. The molecular formula is C20H27NO2S. The first-order chi connectivity index (χ1) is 11.5. The monoisotopic (exact) mass is 345 g/mol. The Morgan fingerprint density at radius 1 is 0.917 bits per heavy atom. The van der Waals surface area contributed by atoms with E-state index in [1.165, 1.54) is 24.8 Å².